The molecule has 0 aromatic heterocycles. The first kappa shape index (κ1) is 11.3. The average Bonchev–Trinajstić information content (AvgIpc) is 2.73. The smallest absolute Gasteiger partial charge is 0.331 e. The Morgan fingerprint density at radius 3 is 2.76 bits per heavy atom. The van der Waals surface area contributed by atoms with Gasteiger partial charge < -0.3 is 5.11 Å². The molecule has 0 bridgehead atoms. The van der Waals surface area contributed by atoms with Crippen LogP contribution in [0.3, 0.4) is 0 Å². The van der Waals surface area contributed by atoms with E-state index in [1.807, 2.05) is 0 Å². The molecule has 1 spiro atoms. The van der Waals surface area contributed by atoms with Crippen LogP contribution in [-0.4, -0.2) is 11.1 Å². The van der Waals surface area contributed by atoms with Crippen LogP contribution in [0.1, 0.15) is 46.5 Å². The van der Waals surface area contributed by atoms with Crippen LogP contribution in [0.15, 0.2) is 11.6 Å². The van der Waals surface area contributed by atoms with Gasteiger partial charge in [0.25, 0.3) is 0 Å². The van der Waals surface area contributed by atoms with Gasteiger partial charge in [-0.2, -0.15) is 0 Å². The van der Waals surface area contributed by atoms with Crippen molar-refractivity contribution in [2.45, 2.75) is 46.5 Å². The van der Waals surface area contributed by atoms with Crippen molar-refractivity contribution in [1.29, 1.82) is 0 Å². The fourth-order valence-electron chi connectivity index (χ4n) is 5.25. The Balaban J connectivity index is 2.06. The van der Waals surface area contributed by atoms with E-state index in [9.17, 15) is 9.90 Å². The Morgan fingerprint density at radius 1 is 1.41 bits per heavy atom. The van der Waals surface area contributed by atoms with E-state index in [4.69, 9.17) is 0 Å². The van der Waals surface area contributed by atoms with Gasteiger partial charge in [0.15, 0.2) is 0 Å². The number of aliphatic carboxylic acids is 1. The van der Waals surface area contributed by atoms with E-state index in [0.29, 0.717) is 23.2 Å². The van der Waals surface area contributed by atoms with E-state index < -0.39 is 5.97 Å². The highest BCUT2D eigenvalue weighted by Gasteiger charge is 2.63. The predicted molar refractivity (Wildman–Crippen MR) is 66.5 cm³/mol. The van der Waals surface area contributed by atoms with Crippen LogP contribution in [0.25, 0.3) is 0 Å². The molecule has 0 radical (unpaired) electrons. The minimum absolute atomic E-state index is 0.289. The third-order valence-corrected chi connectivity index (χ3v) is 5.71. The van der Waals surface area contributed by atoms with Crippen molar-refractivity contribution in [1.82, 2.24) is 0 Å². The molecule has 1 N–H and O–H groups in total. The Kier molecular flexibility index (Phi) is 2.10. The van der Waals surface area contributed by atoms with Gasteiger partial charge in [-0.1, -0.05) is 26.8 Å². The van der Waals surface area contributed by atoms with Crippen molar-refractivity contribution < 1.29 is 9.90 Å². The lowest BCUT2D eigenvalue weighted by Gasteiger charge is -2.36. The molecule has 2 heteroatoms. The molecule has 3 rings (SSSR count). The number of allylic oxidation sites excluding steroid dienone is 1. The molecule has 3 aliphatic carbocycles. The van der Waals surface area contributed by atoms with Crippen molar-refractivity contribution in [3.05, 3.63) is 11.6 Å². The third-order valence-electron chi connectivity index (χ3n) is 5.71. The second kappa shape index (κ2) is 3.15. The summed E-state index contributed by atoms with van der Waals surface area (Å²) in [6.07, 6.45) is 6.79. The van der Waals surface area contributed by atoms with Crippen molar-refractivity contribution >= 4 is 5.97 Å². The summed E-state index contributed by atoms with van der Waals surface area (Å²) in [6.45, 7) is 7.03. The van der Waals surface area contributed by atoms with E-state index >= 15 is 0 Å². The minimum atomic E-state index is -0.671. The molecule has 0 heterocycles. The zero-order chi connectivity index (χ0) is 12.4. The average molecular weight is 234 g/mol. The highest BCUT2D eigenvalue weighted by Crippen LogP contribution is 2.70. The molecular weight excluding hydrogens is 212 g/mol. The van der Waals surface area contributed by atoms with E-state index in [1.165, 1.54) is 19.3 Å². The lowest BCUT2D eigenvalue weighted by Crippen LogP contribution is -2.32. The summed E-state index contributed by atoms with van der Waals surface area (Å²) in [7, 11) is 0. The molecule has 4 atom stereocenters. The summed E-state index contributed by atoms with van der Waals surface area (Å²) in [4.78, 5) is 11.4. The summed E-state index contributed by atoms with van der Waals surface area (Å²) in [5.41, 5.74) is 1.41. The monoisotopic (exact) mass is 234 g/mol. The highest BCUT2D eigenvalue weighted by molar-refractivity contribution is 5.88. The van der Waals surface area contributed by atoms with Gasteiger partial charge in [0.05, 0.1) is 0 Å². The maximum absolute atomic E-state index is 11.4. The van der Waals surface area contributed by atoms with E-state index in [0.717, 1.165) is 12.0 Å². The number of carboxylic acid groups (broad SMARTS) is 1. The van der Waals surface area contributed by atoms with Gasteiger partial charge in [-0.05, 0) is 54.3 Å². The molecule has 17 heavy (non-hydrogen) atoms. The normalized spacial score (nSPS) is 46.5. The van der Waals surface area contributed by atoms with Crippen LogP contribution in [0.2, 0.25) is 0 Å². The summed E-state index contributed by atoms with van der Waals surface area (Å²) >= 11 is 0. The first-order valence-electron chi connectivity index (χ1n) is 6.82. The first-order valence-corrected chi connectivity index (χ1v) is 6.82. The number of hydrogen-bond acceptors (Lipinski definition) is 1. The van der Waals surface area contributed by atoms with Gasteiger partial charge >= 0.3 is 5.97 Å². The Morgan fingerprint density at radius 2 is 2.12 bits per heavy atom. The molecule has 0 unspecified atom stereocenters. The molecule has 3 aliphatic rings. The number of hydrogen-bond donors (Lipinski definition) is 1. The topological polar surface area (TPSA) is 37.3 Å². The molecule has 2 fully saturated rings. The quantitative estimate of drug-likeness (QED) is 0.754. The molecule has 94 valence electrons. The van der Waals surface area contributed by atoms with Crippen LogP contribution in [-0.2, 0) is 4.79 Å². The minimum Gasteiger partial charge on any atom is -0.478 e. The van der Waals surface area contributed by atoms with Gasteiger partial charge in [-0.3, -0.25) is 0 Å². The van der Waals surface area contributed by atoms with Crippen LogP contribution < -0.4 is 0 Å². The second-order valence-electron chi connectivity index (χ2n) is 7.22. The first-order chi connectivity index (χ1) is 7.87. The summed E-state index contributed by atoms with van der Waals surface area (Å²) < 4.78 is 0. The molecule has 2 nitrogen and oxygen atoms in total. The second-order valence-corrected chi connectivity index (χ2v) is 7.22. The van der Waals surface area contributed by atoms with E-state index in [2.05, 4.69) is 26.8 Å². The zero-order valence-corrected chi connectivity index (χ0v) is 11.0. The van der Waals surface area contributed by atoms with Crippen LogP contribution >= 0.6 is 0 Å². The maximum atomic E-state index is 11.4. The summed E-state index contributed by atoms with van der Waals surface area (Å²) in [6, 6.07) is 0. The number of carbonyl (C=O) groups is 1. The van der Waals surface area contributed by atoms with Crippen molar-refractivity contribution in [3.8, 4) is 0 Å². The van der Waals surface area contributed by atoms with Gasteiger partial charge in [-0.15, -0.1) is 0 Å². The SMILES string of the molecule is C[C@@H]1CC[C@H]2C(C(=O)O)=C[C@@H]3CC(C)(C)C[C@@]132. The molecule has 0 amide bonds. The number of rotatable bonds is 1. The van der Waals surface area contributed by atoms with Crippen LogP contribution in [0, 0.1) is 28.6 Å². The molecule has 2 saturated carbocycles. The van der Waals surface area contributed by atoms with Gasteiger partial charge in [-0.25, -0.2) is 4.79 Å². The third kappa shape index (κ3) is 1.30. The van der Waals surface area contributed by atoms with Crippen molar-refractivity contribution in [2.24, 2.45) is 28.6 Å². The van der Waals surface area contributed by atoms with E-state index in [-0.39, 0.29) is 5.41 Å². The molecule has 0 aromatic carbocycles. The van der Waals surface area contributed by atoms with Crippen molar-refractivity contribution in [2.75, 3.05) is 0 Å². The molecule has 0 saturated heterocycles. The lowest BCUT2D eigenvalue weighted by atomic mass is 9.67. The Labute approximate surface area is 103 Å². The molecular formula is C15H22O2. The zero-order valence-electron chi connectivity index (χ0n) is 11.0. The maximum Gasteiger partial charge on any atom is 0.331 e. The lowest BCUT2D eigenvalue weighted by molar-refractivity contribution is -0.133. The van der Waals surface area contributed by atoms with Crippen LogP contribution in [0.5, 0.6) is 0 Å². The molecule has 0 aliphatic heterocycles. The fraction of sp³-hybridized carbons (Fsp3) is 0.800. The van der Waals surface area contributed by atoms with Gasteiger partial charge in [0.1, 0.15) is 0 Å². The number of carboxylic acids is 1. The summed E-state index contributed by atoms with van der Waals surface area (Å²) in [5.74, 6) is 0.871. The van der Waals surface area contributed by atoms with Gasteiger partial charge in [0.2, 0.25) is 0 Å². The molecule has 0 aromatic rings. The largest absolute Gasteiger partial charge is 0.478 e. The summed E-state index contributed by atoms with van der Waals surface area (Å²) in [5, 5.41) is 9.36. The standard InChI is InChI=1S/C15H22O2/c1-9-4-5-12-11(13(16)17)6-10-7-14(2,3)8-15(9,10)12/h6,9-10,12H,4-5,7-8H2,1-3H3,(H,16,17)/t9-,10-,12+,15-/m1/s1. The fourth-order valence-corrected chi connectivity index (χ4v) is 5.25. The van der Waals surface area contributed by atoms with E-state index in [1.54, 1.807) is 0 Å². The Bertz CT molecular complexity index is 407. The van der Waals surface area contributed by atoms with Gasteiger partial charge in [0, 0.05) is 5.57 Å². The Hall–Kier alpha value is -0.790. The van der Waals surface area contributed by atoms with Crippen LogP contribution in [0.4, 0.5) is 0 Å². The predicted octanol–water partition coefficient (Wildman–Crippen LogP) is 3.48. The van der Waals surface area contributed by atoms with Crippen molar-refractivity contribution in [3.63, 3.8) is 0 Å². The highest BCUT2D eigenvalue weighted by atomic mass is 16.4.